The van der Waals surface area contributed by atoms with Gasteiger partial charge in [-0.25, -0.2) is 9.97 Å². The van der Waals surface area contributed by atoms with Crippen molar-refractivity contribution >= 4 is 11.6 Å². The van der Waals surface area contributed by atoms with Crippen LogP contribution < -0.4 is 5.32 Å². The maximum Gasteiger partial charge on any atom is 0.230 e. The maximum atomic E-state index is 4.65. The molecule has 0 unspecified atom stereocenters. The van der Waals surface area contributed by atoms with Crippen molar-refractivity contribution in [3.05, 3.63) is 72.5 Å². The van der Waals surface area contributed by atoms with Crippen LogP contribution in [0.25, 0.3) is 11.4 Å². The SMILES string of the molecule is C=C1CN(C)Cc2cccc(c2)Nc2ncnc(n2)-c2ccnc(c2)CCN2CCN1CC2. The van der Waals surface area contributed by atoms with Crippen LogP contribution in [0.2, 0.25) is 0 Å². The summed E-state index contributed by atoms with van der Waals surface area (Å²) in [7, 11) is 2.15. The third-order valence-electron chi connectivity index (χ3n) is 6.24. The van der Waals surface area contributed by atoms with Gasteiger partial charge in [0.1, 0.15) is 6.33 Å². The molecule has 33 heavy (non-hydrogen) atoms. The highest BCUT2D eigenvalue weighted by Gasteiger charge is 2.19. The average molecular weight is 443 g/mol. The summed E-state index contributed by atoms with van der Waals surface area (Å²) in [6, 6.07) is 12.4. The number of nitrogens with zero attached hydrogens (tertiary/aromatic N) is 7. The van der Waals surface area contributed by atoms with Crippen molar-refractivity contribution in [2.24, 2.45) is 0 Å². The van der Waals surface area contributed by atoms with Gasteiger partial charge in [-0.2, -0.15) is 4.98 Å². The number of pyridine rings is 1. The second-order valence-electron chi connectivity index (χ2n) is 8.81. The fourth-order valence-corrected chi connectivity index (χ4v) is 4.47. The van der Waals surface area contributed by atoms with Gasteiger partial charge < -0.3 is 10.2 Å². The van der Waals surface area contributed by atoms with E-state index in [4.69, 9.17) is 0 Å². The number of piperazine rings is 1. The zero-order valence-corrected chi connectivity index (χ0v) is 19.1. The number of aromatic nitrogens is 4. The summed E-state index contributed by atoms with van der Waals surface area (Å²) >= 11 is 0. The lowest BCUT2D eigenvalue weighted by Gasteiger charge is -2.38. The molecule has 8 heteroatoms. The predicted molar refractivity (Wildman–Crippen MR) is 130 cm³/mol. The van der Waals surface area contributed by atoms with E-state index in [-0.39, 0.29) is 0 Å². The van der Waals surface area contributed by atoms with Crippen molar-refractivity contribution in [2.75, 3.05) is 51.6 Å². The number of likely N-dealkylation sites (N-methyl/N-ethyl adjacent to an activating group) is 1. The van der Waals surface area contributed by atoms with E-state index in [0.717, 1.165) is 69.2 Å². The lowest BCUT2D eigenvalue weighted by molar-refractivity contribution is 0.151. The minimum absolute atomic E-state index is 0.530. The number of nitrogens with one attached hydrogen (secondary N) is 1. The predicted octanol–water partition coefficient (Wildman–Crippen LogP) is 2.80. The zero-order valence-electron chi connectivity index (χ0n) is 19.1. The van der Waals surface area contributed by atoms with Crippen LogP contribution in [-0.2, 0) is 13.0 Å². The smallest absolute Gasteiger partial charge is 0.230 e. The Kier molecular flexibility index (Phi) is 6.28. The third kappa shape index (κ3) is 5.35. The van der Waals surface area contributed by atoms with E-state index >= 15 is 0 Å². The molecule has 0 aliphatic carbocycles. The number of hydrogen-bond acceptors (Lipinski definition) is 8. The van der Waals surface area contributed by atoms with Crippen LogP contribution in [-0.4, -0.2) is 81.0 Å². The van der Waals surface area contributed by atoms with Gasteiger partial charge in [0.2, 0.25) is 5.95 Å². The van der Waals surface area contributed by atoms with E-state index in [9.17, 15) is 0 Å². The average Bonchev–Trinajstić information content (AvgIpc) is 2.83. The van der Waals surface area contributed by atoms with Gasteiger partial charge in [0.25, 0.3) is 0 Å². The Morgan fingerprint density at radius 1 is 0.939 bits per heavy atom. The summed E-state index contributed by atoms with van der Waals surface area (Å²) in [5.41, 5.74) is 5.38. The topological polar surface area (TPSA) is 73.3 Å². The van der Waals surface area contributed by atoms with Crippen LogP contribution in [0, 0.1) is 0 Å². The lowest BCUT2D eigenvalue weighted by Crippen LogP contribution is -2.47. The molecule has 2 aromatic heterocycles. The highest BCUT2D eigenvalue weighted by Crippen LogP contribution is 2.20. The number of anilines is 2. The molecule has 3 aromatic rings. The monoisotopic (exact) mass is 442 g/mol. The largest absolute Gasteiger partial charge is 0.372 e. The summed E-state index contributed by atoms with van der Waals surface area (Å²) in [4.78, 5) is 25.2. The van der Waals surface area contributed by atoms with E-state index in [0.29, 0.717) is 11.8 Å². The molecule has 3 aliphatic rings. The summed E-state index contributed by atoms with van der Waals surface area (Å²) in [5, 5.41) is 3.33. The molecule has 6 rings (SSSR count). The first-order valence-corrected chi connectivity index (χ1v) is 11.5. The zero-order chi connectivity index (χ0) is 22.6. The first-order valence-electron chi connectivity index (χ1n) is 11.5. The molecule has 1 aromatic carbocycles. The Hall–Kier alpha value is -3.36. The van der Waals surface area contributed by atoms with Crippen LogP contribution in [0.15, 0.2) is 61.2 Å². The third-order valence-corrected chi connectivity index (χ3v) is 6.24. The highest BCUT2D eigenvalue weighted by atomic mass is 15.3. The Morgan fingerprint density at radius 3 is 2.70 bits per heavy atom. The van der Waals surface area contributed by atoms with Gasteiger partial charge in [-0.05, 0) is 36.9 Å². The quantitative estimate of drug-likeness (QED) is 0.570. The minimum Gasteiger partial charge on any atom is -0.372 e. The normalized spacial score (nSPS) is 18.1. The van der Waals surface area contributed by atoms with Gasteiger partial charge in [0.15, 0.2) is 5.82 Å². The van der Waals surface area contributed by atoms with Crippen molar-refractivity contribution in [1.29, 1.82) is 0 Å². The van der Waals surface area contributed by atoms with Crippen LogP contribution >= 0.6 is 0 Å². The Balaban J connectivity index is 1.45. The number of benzene rings is 1. The molecule has 0 radical (unpaired) electrons. The van der Waals surface area contributed by atoms with Crippen LogP contribution in [0.4, 0.5) is 11.6 Å². The Labute approximate surface area is 195 Å². The van der Waals surface area contributed by atoms with Gasteiger partial charge in [0, 0.05) is 81.1 Å². The van der Waals surface area contributed by atoms with E-state index < -0.39 is 0 Å². The van der Waals surface area contributed by atoms with Crippen molar-refractivity contribution in [2.45, 2.75) is 13.0 Å². The van der Waals surface area contributed by atoms with Crippen molar-refractivity contribution in [3.63, 3.8) is 0 Å². The molecule has 1 fully saturated rings. The number of hydrogen-bond donors (Lipinski definition) is 1. The molecular formula is C25H30N8. The summed E-state index contributed by atoms with van der Waals surface area (Å²) in [6.45, 7) is 11.2. The van der Waals surface area contributed by atoms with E-state index in [1.807, 2.05) is 18.3 Å². The molecule has 8 nitrogen and oxygen atoms in total. The first kappa shape index (κ1) is 21.5. The molecule has 1 saturated heterocycles. The molecular weight excluding hydrogens is 412 g/mol. The van der Waals surface area contributed by atoms with E-state index in [1.54, 1.807) is 6.33 Å². The second kappa shape index (κ2) is 9.64. The Morgan fingerprint density at radius 2 is 1.82 bits per heavy atom. The fourth-order valence-electron chi connectivity index (χ4n) is 4.47. The number of rotatable bonds is 0. The minimum atomic E-state index is 0.530. The molecule has 0 saturated carbocycles. The fraction of sp³-hybridized carbons (Fsp3) is 0.360. The molecule has 0 atom stereocenters. The van der Waals surface area contributed by atoms with Gasteiger partial charge in [0.05, 0.1) is 0 Å². The first-order chi connectivity index (χ1) is 16.1. The van der Waals surface area contributed by atoms with Crippen LogP contribution in [0.3, 0.4) is 0 Å². The molecule has 3 aliphatic heterocycles. The van der Waals surface area contributed by atoms with Crippen molar-refractivity contribution < 1.29 is 0 Å². The molecule has 5 heterocycles. The summed E-state index contributed by atoms with van der Waals surface area (Å²) < 4.78 is 0. The van der Waals surface area contributed by atoms with Gasteiger partial charge in [-0.15, -0.1) is 0 Å². The molecule has 170 valence electrons. The standard InChI is InChI=1S/C25H30N8/c1-19-16-31(2)17-20-4-3-5-23(14-20)29-25-28-18-27-24(30-25)21-6-8-26-22(15-21)7-9-32-10-12-33(19)13-11-32/h3-6,8,14-15,18H,1,7,9-13,16-17H2,2H3,(H,27,28,29,30). The van der Waals surface area contributed by atoms with Gasteiger partial charge in [-0.3, -0.25) is 14.8 Å². The van der Waals surface area contributed by atoms with Crippen molar-refractivity contribution in [1.82, 2.24) is 34.6 Å². The van der Waals surface area contributed by atoms with E-state index in [1.165, 1.54) is 11.3 Å². The molecule has 0 spiro atoms. The number of fused-ring (bicyclic) bond motifs is 6. The molecule has 0 amide bonds. The second-order valence-corrected chi connectivity index (χ2v) is 8.81. The summed E-state index contributed by atoms with van der Waals surface area (Å²) in [6.07, 6.45) is 4.30. The van der Waals surface area contributed by atoms with Gasteiger partial charge >= 0.3 is 0 Å². The van der Waals surface area contributed by atoms with E-state index in [2.05, 4.69) is 77.8 Å². The highest BCUT2D eigenvalue weighted by molar-refractivity contribution is 5.59. The Bertz CT molecular complexity index is 1120. The lowest BCUT2D eigenvalue weighted by atomic mass is 10.1. The van der Waals surface area contributed by atoms with Gasteiger partial charge in [-0.1, -0.05) is 18.7 Å². The molecule has 8 bridgehead atoms. The summed E-state index contributed by atoms with van der Waals surface area (Å²) in [5.74, 6) is 1.18. The van der Waals surface area contributed by atoms with Crippen LogP contribution in [0.1, 0.15) is 11.3 Å². The van der Waals surface area contributed by atoms with Crippen molar-refractivity contribution in [3.8, 4) is 11.4 Å². The van der Waals surface area contributed by atoms with Crippen LogP contribution in [0.5, 0.6) is 0 Å². The molecule has 1 N–H and O–H groups in total. The maximum absolute atomic E-state index is 4.65.